The second kappa shape index (κ2) is 5.74. The molecule has 0 saturated carbocycles. The molecule has 1 aliphatic heterocycles. The summed E-state index contributed by atoms with van der Waals surface area (Å²) in [5.41, 5.74) is 2.91. The highest BCUT2D eigenvalue weighted by molar-refractivity contribution is 5.40. The van der Waals surface area contributed by atoms with E-state index in [1.807, 2.05) is 0 Å². The van der Waals surface area contributed by atoms with Crippen molar-refractivity contribution >= 4 is 0 Å². The van der Waals surface area contributed by atoms with Crippen LogP contribution in [0.15, 0.2) is 18.2 Å². The van der Waals surface area contributed by atoms with Crippen molar-refractivity contribution in [1.82, 2.24) is 10.2 Å². The van der Waals surface area contributed by atoms with Crippen molar-refractivity contribution in [2.45, 2.75) is 38.3 Å². The molecule has 1 N–H and O–H groups in total. The summed E-state index contributed by atoms with van der Waals surface area (Å²) in [4.78, 5) is 2.69. The fraction of sp³-hybridized carbons (Fsp3) is 0.647. The summed E-state index contributed by atoms with van der Waals surface area (Å²) in [5.74, 6) is 1.82. The Kier molecular flexibility index (Phi) is 3.99. The minimum absolute atomic E-state index is 0.430. The van der Waals surface area contributed by atoms with Crippen LogP contribution in [0, 0.1) is 5.92 Å². The highest BCUT2D eigenvalue weighted by atomic mass is 16.5. The zero-order valence-corrected chi connectivity index (χ0v) is 12.9. The number of hydrogen-bond acceptors (Lipinski definition) is 3. The third-order valence-corrected chi connectivity index (χ3v) is 5.02. The van der Waals surface area contributed by atoms with Crippen LogP contribution in [0.3, 0.4) is 0 Å². The molecule has 0 bridgehead atoms. The van der Waals surface area contributed by atoms with Gasteiger partial charge in [-0.3, -0.25) is 4.90 Å². The largest absolute Gasteiger partial charge is 0.497 e. The van der Waals surface area contributed by atoms with Gasteiger partial charge in [-0.25, -0.2) is 0 Å². The first-order chi connectivity index (χ1) is 9.72. The summed E-state index contributed by atoms with van der Waals surface area (Å²) in [6.45, 7) is 4.87. The van der Waals surface area contributed by atoms with Gasteiger partial charge in [0, 0.05) is 18.6 Å². The van der Waals surface area contributed by atoms with Crippen LogP contribution in [0.1, 0.15) is 36.9 Å². The molecular formula is C17H26N2O. The number of aryl methyl sites for hydroxylation is 1. The maximum atomic E-state index is 5.41. The Morgan fingerprint density at radius 1 is 1.30 bits per heavy atom. The van der Waals surface area contributed by atoms with E-state index in [0.717, 1.165) is 11.7 Å². The number of methoxy groups -OCH3 is 1. The molecule has 1 aromatic rings. The average Bonchev–Trinajstić information content (AvgIpc) is 2.91. The quantitative estimate of drug-likeness (QED) is 0.917. The van der Waals surface area contributed by atoms with Gasteiger partial charge in [0.05, 0.1) is 7.11 Å². The van der Waals surface area contributed by atoms with Crippen LogP contribution in [-0.2, 0) is 6.42 Å². The second-order valence-electron chi connectivity index (χ2n) is 6.33. The number of ether oxygens (including phenoxy) is 1. The van der Waals surface area contributed by atoms with Crippen LogP contribution in [0.5, 0.6) is 5.75 Å². The minimum atomic E-state index is 0.430. The summed E-state index contributed by atoms with van der Waals surface area (Å²) in [6, 6.07) is 7.61. The van der Waals surface area contributed by atoms with E-state index in [-0.39, 0.29) is 0 Å². The lowest BCUT2D eigenvalue weighted by atomic mass is 9.83. The lowest BCUT2D eigenvalue weighted by Crippen LogP contribution is -2.45. The molecule has 0 radical (unpaired) electrons. The molecule has 1 aromatic carbocycles. The molecule has 110 valence electrons. The van der Waals surface area contributed by atoms with Gasteiger partial charge in [0.25, 0.3) is 0 Å². The van der Waals surface area contributed by atoms with Crippen LogP contribution in [-0.4, -0.2) is 38.2 Å². The van der Waals surface area contributed by atoms with E-state index in [1.54, 1.807) is 7.11 Å². The number of fused-ring (bicyclic) bond motifs is 1. The van der Waals surface area contributed by atoms with Crippen molar-refractivity contribution in [3.8, 4) is 5.75 Å². The number of nitrogens with one attached hydrogen (secondary N) is 1. The van der Waals surface area contributed by atoms with E-state index in [4.69, 9.17) is 4.74 Å². The van der Waals surface area contributed by atoms with E-state index in [2.05, 4.69) is 42.4 Å². The normalized spacial score (nSPS) is 30.2. The van der Waals surface area contributed by atoms with Gasteiger partial charge < -0.3 is 10.1 Å². The third kappa shape index (κ3) is 2.45. The Balaban J connectivity index is 1.88. The van der Waals surface area contributed by atoms with E-state index in [9.17, 15) is 0 Å². The van der Waals surface area contributed by atoms with Crippen molar-refractivity contribution in [3.63, 3.8) is 0 Å². The van der Waals surface area contributed by atoms with Crippen molar-refractivity contribution in [2.75, 3.05) is 27.2 Å². The molecule has 0 spiro atoms. The number of rotatable bonds is 3. The van der Waals surface area contributed by atoms with Crippen LogP contribution in [0.25, 0.3) is 0 Å². The summed E-state index contributed by atoms with van der Waals surface area (Å²) < 4.78 is 5.41. The van der Waals surface area contributed by atoms with Gasteiger partial charge in [0.2, 0.25) is 0 Å². The Bertz CT molecular complexity index is 474. The Hall–Kier alpha value is -1.06. The fourth-order valence-electron chi connectivity index (χ4n) is 3.91. The highest BCUT2D eigenvalue weighted by Gasteiger charge is 2.35. The monoisotopic (exact) mass is 274 g/mol. The van der Waals surface area contributed by atoms with Gasteiger partial charge in [-0.15, -0.1) is 0 Å². The molecule has 3 heteroatoms. The smallest absolute Gasteiger partial charge is 0.119 e. The first-order valence-corrected chi connectivity index (χ1v) is 7.81. The molecule has 3 rings (SSSR count). The van der Waals surface area contributed by atoms with Crippen LogP contribution in [0.2, 0.25) is 0 Å². The lowest BCUT2D eigenvalue weighted by Gasteiger charge is -2.39. The molecule has 3 nitrogen and oxygen atoms in total. The van der Waals surface area contributed by atoms with Crippen molar-refractivity contribution in [2.24, 2.45) is 5.92 Å². The van der Waals surface area contributed by atoms with Gasteiger partial charge in [-0.1, -0.05) is 13.0 Å². The summed E-state index contributed by atoms with van der Waals surface area (Å²) >= 11 is 0. The Morgan fingerprint density at radius 3 is 2.80 bits per heavy atom. The standard InChI is InChI=1S/C17H26N2O/c1-12-8-9-19(11-12)16-7-5-13-4-6-14(20-3)10-15(13)17(16)18-2/h4,6,10,12,16-18H,5,7-9,11H2,1-3H3. The number of hydrogen-bond donors (Lipinski definition) is 1. The van der Waals surface area contributed by atoms with Crippen molar-refractivity contribution in [3.05, 3.63) is 29.3 Å². The zero-order chi connectivity index (χ0) is 14.1. The van der Waals surface area contributed by atoms with Gasteiger partial charge >= 0.3 is 0 Å². The SMILES string of the molecule is CNC1c2cc(OC)ccc2CCC1N1CCC(C)C1. The zero-order valence-electron chi connectivity index (χ0n) is 12.9. The number of nitrogens with zero attached hydrogens (tertiary/aromatic N) is 1. The summed E-state index contributed by atoms with van der Waals surface area (Å²) in [6.07, 6.45) is 3.79. The molecule has 1 heterocycles. The molecule has 2 aliphatic rings. The van der Waals surface area contributed by atoms with Crippen molar-refractivity contribution < 1.29 is 4.74 Å². The maximum absolute atomic E-state index is 5.41. The van der Waals surface area contributed by atoms with Gasteiger partial charge in [-0.2, -0.15) is 0 Å². The molecule has 3 unspecified atom stereocenters. The number of likely N-dealkylation sites (tertiary alicyclic amines) is 1. The Labute approximate surface area is 122 Å². The van der Waals surface area contributed by atoms with Crippen LogP contribution >= 0.6 is 0 Å². The van der Waals surface area contributed by atoms with E-state index >= 15 is 0 Å². The van der Waals surface area contributed by atoms with Crippen molar-refractivity contribution in [1.29, 1.82) is 0 Å². The van der Waals surface area contributed by atoms with Gasteiger partial charge in [0.1, 0.15) is 5.75 Å². The summed E-state index contributed by atoms with van der Waals surface area (Å²) in [7, 11) is 3.84. The van der Waals surface area contributed by atoms with E-state index in [1.165, 1.54) is 43.5 Å². The average molecular weight is 274 g/mol. The number of benzene rings is 1. The molecule has 1 fully saturated rings. The lowest BCUT2D eigenvalue weighted by molar-refractivity contribution is 0.171. The molecule has 1 saturated heterocycles. The predicted molar refractivity (Wildman–Crippen MR) is 82.3 cm³/mol. The molecule has 20 heavy (non-hydrogen) atoms. The predicted octanol–water partition coefficient (Wildman–Crippen LogP) is 2.61. The summed E-state index contributed by atoms with van der Waals surface area (Å²) in [5, 5.41) is 3.56. The second-order valence-corrected chi connectivity index (χ2v) is 6.33. The third-order valence-electron chi connectivity index (χ3n) is 5.02. The molecule has 0 amide bonds. The van der Waals surface area contributed by atoms with Gasteiger partial charge in [-0.05, 0) is 62.0 Å². The minimum Gasteiger partial charge on any atom is -0.497 e. The number of likely N-dealkylation sites (N-methyl/N-ethyl adjacent to an activating group) is 1. The Morgan fingerprint density at radius 2 is 2.15 bits per heavy atom. The molecule has 1 aliphatic carbocycles. The molecule has 3 atom stereocenters. The van der Waals surface area contributed by atoms with E-state index < -0.39 is 0 Å². The molecule has 0 aromatic heterocycles. The maximum Gasteiger partial charge on any atom is 0.119 e. The van der Waals surface area contributed by atoms with Crippen LogP contribution < -0.4 is 10.1 Å². The topological polar surface area (TPSA) is 24.5 Å². The highest BCUT2D eigenvalue weighted by Crippen LogP contribution is 2.36. The van der Waals surface area contributed by atoms with E-state index in [0.29, 0.717) is 12.1 Å². The van der Waals surface area contributed by atoms with Crippen LogP contribution in [0.4, 0.5) is 0 Å². The first-order valence-electron chi connectivity index (χ1n) is 7.81. The first kappa shape index (κ1) is 13.9. The fourth-order valence-corrected chi connectivity index (χ4v) is 3.91. The molecular weight excluding hydrogens is 248 g/mol. The van der Waals surface area contributed by atoms with Gasteiger partial charge in [0.15, 0.2) is 0 Å².